The number of nitrogens with one attached hydrogen (secondary N) is 1. The maximum absolute atomic E-state index is 13.0. The summed E-state index contributed by atoms with van der Waals surface area (Å²) >= 11 is 0. The molecule has 0 atom stereocenters. The molecule has 0 radical (unpaired) electrons. The van der Waals surface area contributed by atoms with Gasteiger partial charge in [-0.15, -0.1) is 13.2 Å². The van der Waals surface area contributed by atoms with E-state index in [0.29, 0.717) is 25.7 Å². The molecule has 3 rings (SSSR count). The summed E-state index contributed by atoms with van der Waals surface area (Å²) in [6, 6.07) is 2.84. The number of aliphatic hydroxyl groups excluding tert-OH is 1. The van der Waals surface area contributed by atoms with Crippen molar-refractivity contribution in [2.24, 2.45) is 0 Å². The second-order valence-corrected chi connectivity index (χ2v) is 10.7. The minimum Gasteiger partial charge on any atom is -0.404 e. The predicted molar refractivity (Wildman–Crippen MR) is 107 cm³/mol. The number of aliphatic hydroxyl groups is 1. The lowest BCUT2D eigenvalue weighted by molar-refractivity contribution is -0.275. The van der Waals surface area contributed by atoms with Crippen molar-refractivity contribution in [3.05, 3.63) is 18.2 Å². The zero-order valence-electron chi connectivity index (χ0n) is 17.8. The average molecular weight is 465 g/mol. The average Bonchev–Trinajstić information content (AvgIpc) is 2.83. The quantitative estimate of drug-likeness (QED) is 0.650. The largest absolute Gasteiger partial charge is 0.573 e. The molecule has 0 spiro atoms. The molecule has 174 valence electrons. The molecule has 1 aliphatic heterocycles. The Bertz CT molecular complexity index is 898. The molecule has 1 aliphatic carbocycles. The van der Waals surface area contributed by atoms with Crippen molar-refractivity contribution >= 4 is 22.6 Å². The molecule has 0 unspecified atom stereocenters. The summed E-state index contributed by atoms with van der Waals surface area (Å²) in [5, 5.41) is 9.61. The van der Waals surface area contributed by atoms with Crippen molar-refractivity contribution in [3.63, 3.8) is 0 Å². The zero-order valence-corrected chi connectivity index (χ0v) is 18.6. The maximum atomic E-state index is 13.0. The van der Waals surface area contributed by atoms with Crippen LogP contribution < -0.4 is 14.9 Å². The summed E-state index contributed by atoms with van der Waals surface area (Å²) in [5.41, 5.74) is -1.16. The fraction of sp³-hybridized carbons (Fsp3) is 0.684. The molecule has 7 nitrogen and oxygen atoms in total. The summed E-state index contributed by atoms with van der Waals surface area (Å²) < 4.78 is 82.9. The molecule has 2 fully saturated rings. The van der Waals surface area contributed by atoms with E-state index in [-0.39, 0.29) is 5.46 Å². The smallest absolute Gasteiger partial charge is 0.404 e. The maximum Gasteiger partial charge on any atom is 0.573 e. The van der Waals surface area contributed by atoms with Crippen LogP contribution in [0.3, 0.4) is 0 Å². The molecular weight excluding hydrogens is 438 g/mol. The first-order valence-electron chi connectivity index (χ1n) is 10.1. The lowest BCUT2D eigenvalue weighted by atomic mass is 9.79. The van der Waals surface area contributed by atoms with E-state index in [4.69, 9.17) is 9.31 Å². The molecular formula is C19H27BF3NO6S. The van der Waals surface area contributed by atoms with Crippen molar-refractivity contribution < 1.29 is 40.7 Å². The van der Waals surface area contributed by atoms with E-state index in [1.165, 1.54) is 6.07 Å². The lowest BCUT2D eigenvalue weighted by Gasteiger charge is -2.32. The second-order valence-electron chi connectivity index (χ2n) is 8.97. The highest BCUT2D eigenvalue weighted by Gasteiger charge is 2.52. The van der Waals surface area contributed by atoms with E-state index < -0.39 is 57.5 Å². The number of ether oxygens (including phenoxy) is 1. The minimum atomic E-state index is -5.06. The fourth-order valence-electron chi connectivity index (χ4n) is 3.55. The van der Waals surface area contributed by atoms with Crippen LogP contribution in [0.5, 0.6) is 5.75 Å². The Morgan fingerprint density at radius 1 is 1.10 bits per heavy atom. The zero-order chi connectivity index (χ0) is 23.2. The molecule has 1 aromatic rings. The predicted octanol–water partition coefficient (Wildman–Crippen LogP) is 2.47. The molecule has 0 bridgehead atoms. The van der Waals surface area contributed by atoms with Gasteiger partial charge in [0.05, 0.1) is 17.3 Å². The van der Waals surface area contributed by atoms with Crippen molar-refractivity contribution in [1.29, 1.82) is 0 Å². The Hall–Kier alpha value is -1.34. The molecule has 1 saturated heterocycles. The molecule has 1 heterocycles. The molecule has 12 heteroatoms. The van der Waals surface area contributed by atoms with E-state index in [1.54, 1.807) is 0 Å². The molecule has 2 N–H and O–H groups in total. The number of hydrogen-bond donors (Lipinski definition) is 2. The molecule has 0 aromatic heterocycles. The third kappa shape index (κ3) is 5.54. The summed E-state index contributed by atoms with van der Waals surface area (Å²) in [6.07, 6.45) is -3.98. The van der Waals surface area contributed by atoms with Gasteiger partial charge in [-0.2, -0.15) is 0 Å². The van der Waals surface area contributed by atoms with Crippen molar-refractivity contribution in [3.8, 4) is 5.75 Å². The Morgan fingerprint density at radius 3 is 2.16 bits per heavy atom. The van der Waals surface area contributed by atoms with E-state index >= 15 is 0 Å². The Kier molecular flexibility index (Phi) is 6.45. The topological polar surface area (TPSA) is 94.1 Å². The van der Waals surface area contributed by atoms with Crippen LogP contribution in [0.1, 0.15) is 53.4 Å². The van der Waals surface area contributed by atoms with Crippen LogP contribution in [0.25, 0.3) is 0 Å². The summed E-state index contributed by atoms with van der Waals surface area (Å²) in [6.45, 7) is 7.24. The molecule has 1 aromatic carbocycles. The number of alkyl halides is 3. The molecule has 1 saturated carbocycles. The van der Waals surface area contributed by atoms with E-state index in [1.807, 2.05) is 27.7 Å². The third-order valence-corrected chi connectivity index (χ3v) is 7.57. The van der Waals surface area contributed by atoms with Crippen LogP contribution in [0, 0.1) is 0 Å². The molecule has 31 heavy (non-hydrogen) atoms. The normalized spacial score (nSPS) is 26.1. The first-order valence-corrected chi connectivity index (χ1v) is 11.5. The van der Waals surface area contributed by atoms with Gasteiger partial charge in [0.1, 0.15) is 10.6 Å². The monoisotopic (exact) mass is 465 g/mol. The van der Waals surface area contributed by atoms with E-state index in [9.17, 15) is 26.7 Å². The van der Waals surface area contributed by atoms with Gasteiger partial charge in [0.15, 0.2) is 0 Å². The Labute approximate surface area is 180 Å². The Morgan fingerprint density at radius 2 is 1.65 bits per heavy atom. The number of benzene rings is 1. The number of hydrogen-bond acceptors (Lipinski definition) is 6. The first-order chi connectivity index (χ1) is 14.1. The van der Waals surface area contributed by atoms with Crippen LogP contribution in [-0.2, 0) is 19.3 Å². The summed E-state index contributed by atoms with van der Waals surface area (Å²) in [7, 11) is -5.31. The van der Waals surface area contributed by atoms with Gasteiger partial charge in [0.2, 0.25) is 10.0 Å². The lowest BCUT2D eigenvalue weighted by Crippen LogP contribution is -2.41. The van der Waals surface area contributed by atoms with Crippen LogP contribution >= 0.6 is 0 Å². The highest BCUT2D eigenvalue weighted by Crippen LogP contribution is 2.37. The van der Waals surface area contributed by atoms with Crippen LogP contribution in [0.4, 0.5) is 13.2 Å². The van der Waals surface area contributed by atoms with E-state index in [2.05, 4.69) is 9.46 Å². The number of sulfonamides is 1. The van der Waals surface area contributed by atoms with Gasteiger partial charge < -0.3 is 19.2 Å². The van der Waals surface area contributed by atoms with Gasteiger partial charge in [-0.25, -0.2) is 13.1 Å². The highest BCUT2D eigenvalue weighted by molar-refractivity contribution is 7.89. The van der Waals surface area contributed by atoms with Crippen LogP contribution in [0.15, 0.2) is 23.1 Å². The number of rotatable bonds is 5. The second kappa shape index (κ2) is 8.22. The Balaban J connectivity index is 1.95. The standard InChI is InChI=1S/C19H27BF3NO6S/c1-17(2)18(3,4)30-20(29-17)12-5-10-15(28-19(21,22)23)16(11-12)31(26,27)24-13-6-8-14(25)9-7-13/h5,10-11,13-14,24-25H,6-9H2,1-4H3. The molecule has 2 aliphatic rings. The van der Waals surface area contributed by atoms with E-state index in [0.717, 1.165) is 12.1 Å². The van der Waals surface area contributed by atoms with Crippen LogP contribution in [0.2, 0.25) is 0 Å². The van der Waals surface area contributed by atoms with Crippen molar-refractivity contribution in [2.75, 3.05) is 0 Å². The summed E-state index contributed by atoms with van der Waals surface area (Å²) in [4.78, 5) is -0.650. The van der Waals surface area contributed by atoms with Crippen molar-refractivity contribution in [2.45, 2.75) is 88.0 Å². The van der Waals surface area contributed by atoms with Gasteiger partial charge in [-0.05, 0) is 71.0 Å². The third-order valence-electron chi connectivity index (χ3n) is 6.03. The van der Waals surface area contributed by atoms with Gasteiger partial charge in [-0.3, -0.25) is 0 Å². The molecule has 0 amide bonds. The van der Waals surface area contributed by atoms with Gasteiger partial charge in [0.25, 0.3) is 0 Å². The van der Waals surface area contributed by atoms with Crippen LogP contribution in [-0.4, -0.2) is 50.4 Å². The highest BCUT2D eigenvalue weighted by atomic mass is 32.2. The number of halogens is 3. The van der Waals surface area contributed by atoms with Gasteiger partial charge >= 0.3 is 13.5 Å². The fourth-order valence-corrected chi connectivity index (χ4v) is 5.01. The summed E-state index contributed by atoms with van der Waals surface area (Å²) in [5.74, 6) is -0.837. The SMILES string of the molecule is CC1(C)OB(c2ccc(OC(F)(F)F)c(S(=O)(=O)NC3CCC(O)CC3)c2)OC1(C)C. The first kappa shape index (κ1) is 24.3. The van der Waals surface area contributed by atoms with Crippen molar-refractivity contribution in [1.82, 2.24) is 4.72 Å². The minimum absolute atomic E-state index is 0.257. The van der Waals surface area contributed by atoms with Gasteiger partial charge in [0, 0.05) is 6.04 Å². The van der Waals surface area contributed by atoms with Gasteiger partial charge in [-0.1, -0.05) is 6.07 Å².